The minimum Gasteiger partial charge on any atom is -0.392 e. The van der Waals surface area contributed by atoms with E-state index in [4.69, 9.17) is 0 Å². The molecule has 1 atom stereocenters. The van der Waals surface area contributed by atoms with Gasteiger partial charge in [-0.15, -0.1) is 0 Å². The van der Waals surface area contributed by atoms with Gasteiger partial charge in [0, 0.05) is 19.3 Å². The monoisotopic (exact) mass is 179 g/mol. The summed E-state index contributed by atoms with van der Waals surface area (Å²) in [6.45, 7) is 4.55. The van der Waals surface area contributed by atoms with Gasteiger partial charge in [-0.1, -0.05) is 18.2 Å². The number of aliphatic hydroxyl groups is 1. The predicted octanol–water partition coefficient (Wildman–Crippen LogP) is 1.81. The van der Waals surface area contributed by atoms with Crippen molar-refractivity contribution in [1.29, 1.82) is 0 Å². The quantitative estimate of drug-likeness (QED) is 0.765. The summed E-state index contributed by atoms with van der Waals surface area (Å²) in [5, 5.41) is 9.23. The summed E-state index contributed by atoms with van der Waals surface area (Å²) in [5.74, 6) is 0. The zero-order chi connectivity index (χ0) is 9.84. The molecular weight excluding hydrogens is 162 g/mol. The molecule has 0 spiro atoms. The molecule has 2 heteroatoms. The Morgan fingerprint density at radius 2 is 2.00 bits per heavy atom. The van der Waals surface area contributed by atoms with Crippen LogP contribution in [0.3, 0.4) is 0 Å². The van der Waals surface area contributed by atoms with Gasteiger partial charge in [0.05, 0.1) is 6.10 Å². The molecule has 0 heterocycles. The fraction of sp³-hybridized carbons (Fsp3) is 0.455. The fourth-order valence-electron chi connectivity index (χ4n) is 1.49. The van der Waals surface area contributed by atoms with Gasteiger partial charge in [0.15, 0.2) is 0 Å². The largest absolute Gasteiger partial charge is 0.392 e. The van der Waals surface area contributed by atoms with Gasteiger partial charge in [-0.2, -0.15) is 0 Å². The minimum absolute atomic E-state index is 0.287. The number of likely N-dealkylation sites (N-methyl/N-ethyl adjacent to an activating group) is 1. The van der Waals surface area contributed by atoms with Crippen LogP contribution in [-0.4, -0.2) is 24.8 Å². The first-order chi connectivity index (χ1) is 6.11. The zero-order valence-electron chi connectivity index (χ0n) is 8.49. The molecule has 1 N–H and O–H groups in total. The number of hydrogen-bond donors (Lipinski definition) is 1. The third-order valence-corrected chi connectivity index (χ3v) is 2.06. The Bertz CT molecular complexity index is 271. The standard InChI is InChI=1S/C11H17NO/c1-9-6-4-5-7-11(9)12(3)8-10(2)13/h4-7,10,13H,8H2,1-3H3. The third-order valence-electron chi connectivity index (χ3n) is 2.06. The van der Waals surface area contributed by atoms with Crippen molar-refractivity contribution in [2.45, 2.75) is 20.0 Å². The molecule has 1 aromatic carbocycles. The molecule has 1 aromatic rings. The van der Waals surface area contributed by atoms with E-state index in [9.17, 15) is 5.11 Å². The summed E-state index contributed by atoms with van der Waals surface area (Å²) in [6, 6.07) is 8.18. The molecule has 0 radical (unpaired) electrons. The van der Waals surface area contributed by atoms with Crippen LogP contribution in [0, 0.1) is 6.92 Å². The maximum atomic E-state index is 9.23. The van der Waals surface area contributed by atoms with Crippen LogP contribution in [-0.2, 0) is 0 Å². The summed E-state index contributed by atoms with van der Waals surface area (Å²) in [7, 11) is 2.00. The van der Waals surface area contributed by atoms with Gasteiger partial charge in [-0.25, -0.2) is 0 Å². The van der Waals surface area contributed by atoms with Crippen LogP contribution in [0.25, 0.3) is 0 Å². The van der Waals surface area contributed by atoms with E-state index in [2.05, 4.69) is 24.0 Å². The lowest BCUT2D eigenvalue weighted by Gasteiger charge is -2.22. The molecular formula is C11H17NO. The second kappa shape index (κ2) is 4.28. The molecule has 0 amide bonds. The minimum atomic E-state index is -0.287. The second-order valence-corrected chi connectivity index (χ2v) is 3.52. The van der Waals surface area contributed by atoms with Crippen LogP contribution in [0.2, 0.25) is 0 Å². The molecule has 0 saturated heterocycles. The number of nitrogens with zero attached hydrogens (tertiary/aromatic N) is 1. The van der Waals surface area contributed by atoms with Crippen molar-refractivity contribution in [2.24, 2.45) is 0 Å². The molecule has 0 aromatic heterocycles. The van der Waals surface area contributed by atoms with Crippen LogP contribution in [0.4, 0.5) is 5.69 Å². The van der Waals surface area contributed by atoms with Gasteiger partial charge in [-0.05, 0) is 25.5 Å². The Balaban J connectivity index is 2.76. The summed E-state index contributed by atoms with van der Waals surface area (Å²) >= 11 is 0. The predicted molar refractivity (Wildman–Crippen MR) is 56.1 cm³/mol. The lowest BCUT2D eigenvalue weighted by molar-refractivity contribution is 0.201. The van der Waals surface area contributed by atoms with Crippen LogP contribution >= 0.6 is 0 Å². The normalized spacial score (nSPS) is 12.6. The Labute approximate surface area is 79.8 Å². The molecule has 1 unspecified atom stereocenters. The molecule has 2 nitrogen and oxygen atoms in total. The number of rotatable bonds is 3. The van der Waals surface area contributed by atoms with Crippen molar-refractivity contribution in [2.75, 3.05) is 18.5 Å². The number of anilines is 1. The Morgan fingerprint density at radius 3 is 2.54 bits per heavy atom. The highest BCUT2D eigenvalue weighted by molar-refractivity contribution is 5.52. The van der Waals surface area contributed by atoms with E-state index in [1.54, 1.807) is 6.92 Å². The summed E-state index contributed by atoms with van der Waals surface area (Å²) < 4.78 is 0. The molecule has 0 saturated carbocycles. The van der Waals surface area contributed by atoms with Crippen molar-refractivity contribution < 1.29 is 5.11 Å². The van der Waals surface area contributed by atoms with Crippen LogP contribution in [0.5, 0.6) is 0 Å². The van der Waals surface area contributed by atoms with Crippen molar-refractivity contribution in [3.63, 3.8) is 0 Å². The van der Waals surface area contributed by atoms with E-state index in [0.29, 0.717) is 6.54 Å². The Hall–Kier alpha value is -1.02. The summed E-state index contributed by atoms with van der Waals surface area (Å²) in [6.07, 6.45) is -0.287. The van der Waals surface area contributed by atoms with Gasteiger partial charge >= 0.3 is 0 Å². The lowest BCUT2D eigenvalue weighted by atomic mass is 10.2. The van der Waals surface area contributed by atoms with Crippen LogP contribution in [0.15, 0.2) is 24.3 Å². The SMILES string of the molecule is Cc1ccccc1N(C)CC(C)O. The van der Waals surface area contributed by atoms with E-state index in [-0.39, 0.29) is 6.10 Å². The van der Waals surface area contributed by atoms with E-state index >= 15 is 0 Å². The van der Waals surface area contributed by atoms with E-state index in [1.165, 1.54) is 11.3 Å². The first kappa shape index (κ1) is 10.1. The van der Waals surface area contributed by atoms with Crippen LogP contribution in [0.1, 0.15) is 12.5 Å². The third kappa shape index (κ3) is 2.74. The molecule has 0 fully saturated rings. The fourth-order valence-corrected chi connectivity index (χ4v) is 1.49. The average Bonchev–Trinajstić information content (AvgIpc) is 2.03. The Morgan fingerprint density at radius 1 is 1.38 bits per heavy atom. The second-order valence-electron chi connectivity index (χ2n) is 3.52. The maximum Gasteiger partial charge on any atom is 0.0686 e. The molecule has 0 bridgehead atoms. The first-order valence-corrected chi connectivity index (χ1v) is 4.56. The van der Waals surface area contributed by atoms with Crippen LogP contribution < -0.4 is 4.90 Å². The number of para-hydroxylation sites is 1. The van der Waals surface area contributed by atoms with Crippen molar-refractivity contribution >= 4 is 5.69 Å². The van der Waals surface area contributed by atoms with Gasteiger partial charge in [-0.3, -0.25) is 0 Å². The zero-order valence-corrected chi connectivity index (χ0v) is 8.49. The number of benzene rings is 1. The number of aliphatic hydroxyl groups excluding tert-OH is 1. The van der Waals surface area contributed by atoms with E-state index in [1.807, 2.05) is 19.2 Å². The highest BCUT2D eigenvalue weighted by Gasteiger charge is 2.05. The lowest BCUT2D eigenvalue weighted by Crippen LogP contribution is -2.27. The van der Waals surface area contributed by atoms with Gasteiger partial charge in [0.1, 0.15) is 0 Å². The molecule has 13 heavy (non-hydrogen) atoms. The van der Waals surface area contributed by atoms with Crippen molar-refractivity contribution in [3.8, 4) is 0 Å². The molecule has 0 aliphatic carbocycles. The van der Waals surface area contributed by atoms with Crippen molar-refractivity contribution in [1.82, 2.24) is 0 Å². The molecule has 0 aliphatic heterocycles. The highest BCUT2D eigenvalue weighted by Crippen LogP contribution is 2.17. The first-order valence-electron chi connectivity index (χ1n) is 4.56. The average molecular weight is 179 g/mol. The number of hydrogen-bond acceptors (Lipinski definition) is 2. The summed E-state index contributed by atoms with van der Waals surface area (Å²) in [5.41, 5.74) is 2.43. The van der Waals surface area contributed by atoms with Gasteiger partial charge in [0.2, 0.25) is 0 Å². The molecule has 72 valence electrons. The summed E-state index contributed by atoms with van der Waals surface area (Å²) in [4.78, 5) is 2.07. The Kier molecular flexibility index (Phi) is 3.32. The number of aryl methyl sites for hydroxylation is 1. The molecule has 0 aliphatic rings. The van der Waals surface area contributed by atoms with E-state index < -0.39 is 0 Å². The topological polar surface area (TPSA) is 23.5 Å². The highest BCUT2D eigenvalue weighted by atomic mass is 16.3. The smallest absolute Gasteiger partial charge is 0.0686 e. The molecule has 1 rings (SSSR count). The van der Waals surface area contributed by atoms with E-state index in [0.717, 1.165) is 0 Å². The van der Waals surface area contributed by atoms with Gasteiger partial charge in [0.25, 0.3) is 0 Å². The van der Waals surface area contributed by atoms with Crippen molar-refractivity contribution in [3.05, 3.63) is 29.8 Å². The maximum absolute atomic E-state index is 9.23. The van der Waals surface area contributed by atoms with Gasteiger partial charge < -0.3 is 10.0 Å².